The Labute approximate surface area is 390 Å². The SMILES string of the molecule is CCCCCCCC/C=C\CCCCCCCCCCCC(=O)NC(COP(=O)([O-])OCC[N+](C)(C)C)C(O)/C=C/CC/C=C/CC/C=C/CCCCCCCCCCCCCC. The number of phosphoric ester groups is 1. The number of nitrogens with one attached hydrogen (secondary N) is 1. The Hall–Kier alpha value is -1.54. The van der Waals surface area contributed by atoms with Crippen molar-refractivity contribution in [2.75, 3.05) is 40.9 Å². The highest BCUT2D eigenvalue weighted by atomic mass is 31.2. The molecular formula is C54H103N2O6P. The molecule has 0 aromatic rings. The number of allylic oxidation sites excluding steroid dienone is 7. The molecule has 0 rings (SSSR count). The Morgan fingerprint density at radius 2 is 0.889 bits per heavy atom. The number of aliphatic hydroxyl groups excluding tert-OH is 1. The van der Waals surface area contributed by atoms with Gasteiger partial charge in [-0.1, -0.05) is 210 Å². The van der Waals surface area contributed by atoms with Crippen molar-refractivity contribution in [2.45, 2.75) is 251 Å². The average molecular weight is 907 g/mol. The van der Waals surface area contributed by atoms with Crippen LogP contribution in [0.3, 0.4) is 0 Å². The van der Waals surface area contributed by atoms with Gasteiger partial charge in [-0.3, -0.25) is 9.36 Å². The molecule has 0 aromatic carbocycles. The molecule has 3 atom stereocenters. The molecule has 0 aliphatic heterocycles. The largest absolute Gasteiger partial charge is 0.756 e. The monoisotopic (exact) mass is 907 g/mol. The molecule has 0 aromatic heterocycles. The molecule has 8 nitrogen and oxygen atoms in total. The van der Waals surface area contributed by atoms with E-state index in [4.69, 9.17) is 9.05 Å². The van der Waals surface area contributed by atoms with Gasteiger partial charge in [-0.15, -0.1) is 0 Å². The third-order valence-corrected chi connectivity index (χ3v) is 12.7. The number of rotatable bonds is 48. The molecule has 0 aliphatic rings. The summed E-state index contributed by atoms with van der Waals surface area (Å²) in [5.74, 6) is -0.213. The van der Waals surface area contributed by atoms with Crippen molar-refractivity contribution < 1.29 is 32.9 Å². The van der Waals surface area contributed by atoms with Gasteiger partial charge >= 0.3 is 0 Å². The highest BCUT2D eigenvalue weighted by Crippen LogP contribution is 2.38. The second kappa shape index (κ2) is 45.6. The number of aliphatic hydroxyl groups is 1. The lowest BCUT2D eigenvalue weighted by atomic mass is 10.0. The number of quaternary nitrogens is 1. The Morgan fingerprint density at radius 3 is 1.29 bits per heavy atom. The summed E-state index contributed by atoms with van der Waals surface area (Å²) in [5, 5.41) is 13.8. The Morgan fingerprint density at radius 1 is 0.540 bits per heavy atom. The molecular weight excluding hydrogens is 804 g/mol. The van der Waals surface area contributed by atoms with E-state index in [1.165, 1.54) is 173 Å². The quantitative estimate of drug-likeness (QED) is 0.0272. The van der Waals surface area contributed by atoms with Crippen LogP contribution >= 0.6 is 7.82 Å². The number of hydrogen-bond donors (Lipinski definition) is 2. The zero-order valence-electron chi connectivity index (χ0n) is 42.0. The lowest BCUT2D eigenvalue weighted by molar-refractivity contribution is -0.870. The molecule has 0 radical (unpaired) electrons. The van der Waals surface area contributed by atoms with Crippen LogP contribution in [0.4, 0.5) is 0 Å². The summed E-state index contributed by atoms with van der Waals surface area (Å²) in [7, 11) is 1.23. The van der Waals surface area contributed by atoms with Crippen molar-refractivity contribution in [3.63, 3.8) is 0 Å². The number of carbonyl (C=O) groups is 1. The first-order valence-electron chi connectivity index (χ1n) is 26.5. The van der Waals surface area contributed by atoms with Gasteiger partial charge in [0.25, 0.3) is 7.82 Å². The molecule has 3 unspecified atom stereocenters. The minimum Gasteiger partial charge on any atom is -0.756 e. The van der Waals surface area contributed by atoms with E-state index in [1.54, 1.807) is 6.08 Å². The molecule has 0 spiro atoms. The summed E-state index contributed by atoms with van der Waals surface area (Å²) in [6, 6.07) is -0.911. The van der Waals surface area contributed by atoms with Crippen molar-refractivity contribution >= 4 is 13.7 Å². The molecule has 63 heavy (non-hydrogen) atoms. The zero-order chi connectivity index (χ0) is 46.4. The van der Waals surface area contributed by atoms with Gasteiger partial charge in [0.15, 0.2) is 0 Å². The number of nitrogens with zero attached hydrogens (tertiary/aromatic N) is 1. The highest BCUT2D eigenvalue weighted by molar-refractivity contribution is 7.45. The van der Waals surface area contributed by atoms with Crippen LogP contribution in [-0.2, 0) is 18.4 Å². The van der Waals surface area contributed by atoms with Crippen molar-refractivity contribution in [2.24, 2.45) is 0 Å². The summed E-state index contributed by atoms with van der Waals surface area (Å²) in [6.07, 6.45) is 58.9. The van der Waals surface area contributed by atoms with Crippen LogP contribution in [0.2, 0.25) is 0 Å². The van der Waals surface area contributed by atoms with E-state index >= 15 is 0 Å². The van der Waals surface area contributed by atoms with Gasteiger partial charge in [0.2, 0.25) is 5.91 Å². The predicted molar refractivity (Wildman–Crippen MR) is 270 cm³/mol. The van der Waals surface area contributed by atoms with Crippen LogP contribution in [0, 0.1) is 0 Å². The fourth-order valence-corrected chi connectivity index (χ4v) is 8.26. The topological polar surface area (TPSA) is 108 Å². The highest BCUT2D eigenvalue weighted by Gasteiger charge is 2.23. The summed E-state index contributed by atoms with van der Waals surface area (Å²) in [5.41, 5.74) is 0. The van der Waals surface area contributed by atoms with Gasteiger partial charge in [0, 0.05) is 6.42 Å². The van der Waals surface area contributed by atoms with Crippen LogP contribution < -0.4 is 10.2 Å². The third-order valence-electron chi connectivity index (χ3n) is 11.7. The predicted octanol–water partition coefficient (Wildman–Crippen LogP) is 15.0. The molecule has 0 fully saturated rings. The summed E-state index contributed by atoms with van der Waals surface area (Å²) < 4.78 is 23.3. The molecule has 0 saturated heterocycles. The van der Waals surface area contributed by atoms with Crippen molar-refractivity contribution in [1.82, 2.24) is 5.32 Å². The molecule has 0 bridgehead atoms. The number of amides is 1. The molecule has 0 aliphatic carbocycles. The lowest BCUT2D eigenvalue weighted by Gasteiger charge is -2.29. The number of unbranched alkanes of at least 4 members (excludes halogenated alkanes) is 29. The summed E-state index contributed by atoms with van der Waals surface area (Å²) in [6.45, 7) is 4.63. The molecule has 2 N–H and O–H groups in total. The van der Waals surface area contributed by atoms with Gasteiger partial charge in [-0.25, -0.2) is 0 Å². The number of likely N-dealkylation sites (N-methyl/N-ethyl adjacent to an activating group) is 1. The Bertz CT molecular complexity index is 1170. The maximum Gasteiger partial charge on any atom is 0.268 e. The fourth-order valence-electron chi connectivity index (χ4n) is 7.53. The van der Waals surface area contributed by atoms with Gasteiger partial charge in [-0.2, -0.15) is 0 Å². The summed E-state index contributed by atoms with van der Waals surface area (Å²) >= 11 is 0. The van der Waals surface area contributed by atoms with E-state index in [9.17, 15) is 19.4 Å². The first-order valence-corrected chi connectivity index (χ1v) is 28.0. The van der Waals surface area contributed by atoms with E-state index in [-0.39, 0.29) is 12.5 Å². The van der Waals surface area contributed by atoms with Gasteiger partial charge in [0.1, 0.15) is 13.2 Å². The molecule has 0 heterocycles. The zero-order valence-corrected chi connectivity index (χ0v) is 42.9. The van der Waals surface area contributed by atoms with Crippen LogP contribution in [0.15, 0.2) is 48.6 Å². The van der Waals surface area contributed by atoms with Crippen molar-refractivity contribution in [3.8, 4) is 0 Å². The Balaban J connectivity index is 4.37. The first kappa shape index (κ1) is 61.5. The normalized spacial score (nSPS) is 14.5. The minimum atomic E-state index is -4.61. The molecule has 370 valence electrons. The van der Waals surface area contributed by atoms with E-state index < -0.39 is 26.6 Å². The van der Waals surface area contributed by atoms with Crippen LogP contribution in [0.1, 0.15) is 239 Å². The van der Waals surface area contributed by atoms with Crippen LogP contribution in [-0.4, -0.2) is 68.5 Å². The van der Waals surface area contributed by atoms with E-state index in [1.807, 2.05) is 27.2 Å². The van der Waals surface area contributed by atoms with Crippen LogP contribution in [0.25, 0.3) is 0 Å². The van der Waals surface area contributed by atoms with E-state index in [0.29, 0.717) is 17.4 Å². The second-order valence-electron chi connectivity index (χ2n) is 19.2. The van der Waals surface area contributed by atoms with Gasteiger partial charge < -0.3 is 28.8 Å². The average Bonchev–Trinajstić information content (AvgIpc) is 3.24. The maximum atomic E-state index is 12.9. The number of phosphoric acid groups is 1. The van der Waals surface area contributed by atoms with Gasteiger partial charge in [-0.05, 0) is 70.6 Å². The minimum absolute atomic E-state index is 0.00988. The van der Waals surface area contributed by atoms with E-state index in [2.05, 4.69) is 55.6 Å². The molecule has 1 amide bonds. The number of hydrogen-bond acceptors (Lipinski definition) is 6. The van der Waals surface area contributed by atoms with E-state index in [0.717, 1.165) is 44.9 Å². The third kappa shape index (κ3) is 48.2. The Kier molecular flexibility index (Phi) is 44.5. The molecule has 0 saturated carbocycles. The first-order chi connectivity index (χ1) is 30.5. The number of carbonyl (C=O) groups excluding carboxylic acids is 1. The smallest absolute Gasteiger partial charge is 0.268 e. The standard InChI is InChI=1S/C54H103N2O6P/c1-6-8-10-12-14-16-18-20-22-24-26-27-28-30-31-33-35-37-39-41-43-45-47-53(57)52(51-62-63(59,60)61-50-49-56(3,4)5)55-54(58)48-46-44-42-40-38-36-34-32-29-25-23-21-19-17-15-13-11-9-7-2/h21,23,30-31,37,39,45,47,52-53,57H,6-20,22,24-29,32-36,38,40-44,46,48-51H2,1-5H3,(H-,55,58,59,60)/b23-21-,31-30+,39-37+,47-45+. The second-order valence-corrected chi connectivity index (χ2v) is 20.6. The summed E-state index contributed by atoms with van der Waals surface area (Å²) in [4.78, 5) is 25.4. The van der Waals surface area contributed by atoms with Crippen molar-refractivity contribution in [3.05, 3.63) is 48.6 Å². The van der Waals surface area contributed by atoms with Crippen molar-refractivity contribution in [1.29, 1.82) is 0 Å². The maximum absolute atomic E-state index is 12.9. The van der Waals surface area contributed by atoms with Gasteiger partial charge in [0.05, 0.1) is 39.9 Å². The molecule has 9 heteroatoms. The van der Waals surface area contributed by atoms with Crippen LogP contribution in [0.5, 0.6) is 0 Å². The fraction of sp³-hybridized carbons (Fsp3) is 0.833. The lowest BCUT2D eigenvalue weighted by Crippen LogP contribution is -2.45.